The smallest absolute Gasteiger partial charge is 0.418 e. The number of hydrogen-bond acceptors (Lipinski definition) is 20. The zero-order chi connectivity index (χ0) is 94.8. The Kier molecular flexibility index (Phi) is 25.1. The van der Waals surface area contributed by atoms with Crippen LogP contribution in [0.25, 0.3) is 50.3 Å². The van der Waals surface area contributed by atoms with Crippen molar-refractivity contribution < 1.29 is 92.0 Å². The molecule has 3 atom stereocenters. The Morgan fingerprint density at radius 3 is 1.18 bits per heavy atom. The highest BCUT2D eigenvalue weighted by Crippen LogP contribution is 2.53. The van der Waals surface area contributed by atoms with Gasteiger partial charge in [-0.15, -0.1) is 15.3 Å². The van der Waals surface area contributed by atoms with Gasteiger partial charge in [-0.05, 0) is 197 Å². The van der Waals surface area contributed by atoms with Gasteiger partial charge < -0.3 is 70.3 Å². The summed E-state index contributed by atoms with van der Waals surface area (Å²) in [6, 6.07) is 55.6. The van der Waals surface area contributed by atoms with Crippen LogP contribution in [0.1, 0.15) is 65.2 Å². The van der Waals surface area contributed by atoms with Gasteiger partial charge in [0.15, 0.2) is 16.9 Å². The summed E-state index contributed by atoms with van der Waals surface area (Å²) in [7, 11) is 0. The Bertz CT molecular complexity index is 7080. The number of morpholine rings is 2. The van der Waals surface area contributed by atoms with E-state index < -0.39 is 95.5 Å². The first-order valence-electron chi connectivity index (χ1n) is 43.5. The molecule has 3 unspecified atom stereocenters. The average molecular weight is 1870 g/mol. The van der Waals surface area contributed by atoms with Crippen molar-refractivity contribution in [2.24, 2.45) is 5.41 Å². The van der Waals surface area contributed by atoms with Crippen LogP contribution in [-0.4, -0.2) is 199 Å². The minimum Gasteiger partial charge on any atom is -0.489 e. The number of alkyl halides is 6. The van der Waals surface area contributed by atoms with E-state index in [-0.39, 0.29) is 136 Å². The minimum absolute atomic E-state index is 0.0229. The van der Waals surface area contributed by atoms with Crippen LogP contribution in [0.2, 0.25) is 0 Å². The summed E-state index contributed by atoms with van der Waals surface area (Å²) in [4.78, 5) is 109. The van der Waals surface area contributed by atoms with E-state index in [9.17, 15) is 40.7 Å². The third kappa shape index (κ3) is 19.2. The number of ether oxygens (including phenoxy) is 5. The molecule has 137 heavy (non-hydrogen) atoms. The molecule has 19 rings (SSSR count). The largest absolute Gasteiger partial charge is 0.489 e. The summed E-state index contributed by atoms with van der Waals surface area (Å²) >= 11 is 0. The van der Waals surface area contributed by atoms with Crippen LogP contribution < -0.4 is 41.4 Å². The monoisotopic (exact) mass is 1870 g/mol. The molecular weight excluding hydrogens is 1790 g/mol. The van der Waals surface area contributed by atoms with Crippen LogP contribution >= 0.6 is 0 Å². The minimum atomic E-state index is -4.90. The lowest BCUT2D eigenvalue weighted by Gasteiger charge is -2.54. The van der Waals surface area contributed by atoms with Gasteiger partial charge in [0.1, 0.15) is 54.3 Å². The van der Waals surface area contributed by atoms with Gasteiger partial charge in [-0.25, -0.2) is 39.9 Å². The Morgan fingerprint density at radius 2 is 0.788 bits per heavy atom. The number of likely N-dealkylation sites (tertiary alicyclic amines) is 1. The number of nitrogens with one attached hydrogen (secondary N) is 6. The predicted octanol–water partition coefficient (Wildman–Crippen LogP) is 16.6. The van der Waals surface area contributed by atoms with Gasteiger partial charge in [-0.1, -0.05) is 72.8 Å². The number of amides is 6. The number of benzene rings is 9. The van der Waals surface area contributed by atoms with Crippen molar-refractivity contribution in [2.45, 2.75) is 29.9 Å². The molecule has 6 aromatic heterocycles. The van der Waals surface area contributed by atoms with Crippen LogP contribution in [0.3, 0.4) is 0 Å². The maximum Gasteiger partial charge on any atom is 0.418 e. The molecule has 10 heterocycles. The Labute approximate surface area is 773 Å². The van der Waals surface area contributed by atoms with E-state index in [0.717, 1.165) is 48.5 Å². The summed E-state index contributed by atoms with van der Waals surface area (Å²) in [5.41, 5.74) is 1.03. The molecule has 0 bridgehead atoms. The maximum absolute atomic E-state index is 17.2. The van der Waals surface area contributed by atoms with E-state index in [2.05, 4.69) is 62.1 Å². The number of fused-ring (bicyclic) bond motifs is 3. The Balaban J connectivity index is 0.646. The molecule has 6 N–H and O–H groups in total. The third-order valence-electron chi connectivity index (χ3n) is 24.2. The van der Waals surface area contributed by atoms with Gasteiger partial charge in [0.05, 0.1) is 79.5 Å². The van der Waals surface area contributed by atoms with E-state index in [1.807, 2.05) is 0 Å². The SMILES string of the molecule is O=C(Nc1ccc(-c2ccc3nc(Nc4ccc(C(=O)N5CCOCC5)cc4OCC(F)F)nn3c2)cc1)C(c1ccc(F)cc1)C(C(=O)Nc1ccc(-c2ccc3nc(Nc4ccc(C(=O)N5CC6(COC6)C5)cc4OCCF)nn3c2)cc1)(c1ccc(F)cc1)C(C(=O)Nc1ccc(-c2ccc3nc(Nc4ccc(C(=O)N5CCOCC5)cc4C(F)(F)F)nn3c2)cc1)c1ccc(F)cc1. The number of carbonyl (C=O) groups is 6. The molecule has 29 nitrogen and oxygen atoms in total. The quantitative estimate of drug-likeness (QED) is 0.0237. The number of hydrogen-bond donors (Lipinski definition) is 6. The predicted molar refractivity (Wildman–Crippen MR) is 487 cm³/mol. The van der Waals surface area contributed by atoms with Crippen molar-refractivity contribution in [3.05, 3.63) is 312 Å². The van der Waals surface area contributed by atoms with E-state index in [1.165, 1.54) is 91.2 Å². The number of pyridine rings is 3. The summed E-state index contributed by atoms with van der Waals surface area (Å²) in [5, 5.41) is 31.5. The first-order valence-corrected chi connectivity index (χ1v) is 43.5. The summed E-state index contributed by atoms with van der Waals surface area (Å²) in [6.07, 6.45) is -2.83. The number of anilines is 9. The van der Waals surface area contributed by atoms with E-state index in [1.54, 1.807) is 144 Å². The normalized spacial score (nSPS) is 15.1. The topological polar surface area (TPSA) is 321 Å². The van der Waals surface area contributed by atoms with Crippen LogP contribution in [0.4, 0.5) is 91.5 Å². The van der Waals surface area contributed by atoms with Crippen LogP contribution in [0.15, 0.2) is 255 Å². The van der Waals surface area contributed by atoms with Gasteiger partial charge in [0.25, 0.3) is 24.1 Å². The number of halogens is 9. The molecular formula is C99H81F9N18O11. The molecule has 696 valence electrons. The Morgan fingerprint density at radius 1 is 0.416 bits per heavy atom. The summed E-state index contributed by atoms with van der Waals surface area (Å²) in [6.45, 7) is 2.50. The molecule has 4 fully saturated rings. The number of nitrogens with zero attached hydrogens (tertiary/aromatic N) is 12. The van der Waals surface area contributed by atoms with Crippen LogP contribution in [0.5, 0.6) is 11.5 Å². The summed E-state index contributed by atoms with van der Waals surface area (Å²) in [5.74, 6) is -10.4. The number of carbonyl (C=O) groups excluding carboxylic acids is 6. The molecule has 6 amide bonds. The summed E-state index contributed by atoms with van der Waals surface area (Å²) < 4.78 is 164. The van der Waals surface area contributed by atoms with Gasteiger partial charge in [0.2, 0.25) is 35.6 Å². The standard InChI is InChI=1S/C99H81F9N18O11/c100-37-42-136-80-48-65(92(131)123-54-97(55-123)56-135-57-97)13-32-78(80)113-95-116-84-36-16-68(52-125(84)119-95)60-9-29-75(30-10-60)111-93(132)98(69-17-23-72(103)24-18-69,86(61-1-19-70(101)20-2-61)88(127)109-73-25-5-58(6-26-73)66-14-34-83-115-94(118-124(83)50-66)112-77-31-11-63(47-76(77)99(106,107)108)90(129)121-38-43-133-44-39-121)87(62-3-21-71(102)22-4-62)89(128)110-74-27-7-59(8-28-74)67-15-35-85-117-96(120-126(85)51-67)114-79-33-12-64(49-81(79)137-53-82(104)105)91(130)122-40-45-134-46-41-122/h1-36,47-52,82,86-87H,37-46,53-57H2,(H,109,127)(H,110,128)(H,111,132)(H,112,118)(H,113,119)(H,114,120). The molecule has 0 saturated carbocycles. The number of rotatable bonds is 29. The fourth-order valence-corrected chi connectivity index (χ4v) is 17.4. The van der Waals surface area contributed by atoms with E-state index in [4.69, 9.17) is 23.7 Å². The van der Waals surface area contributed by atoms with Crippen LogP contribution in [-0.2, 0) is 40.2 Å². The lowest BCUT2D eigenvalue weighted by molar-refractivity contribution is -0.176. The van der Waals surface area contributed by atoms with Gasteiger partial charge in [-0.3, -0.25) is 28.8 Å². The van der Waals surface area contributed by atoms with E-state index >= 15 is 27.6 Å². The van der Waals surface area contributed by atoms with Crippen molar-refractivity contribution in [3.63, 3.8) is 0 Å². The average Bonchev–Trinajstić information content (AvgIpc) is 0.750. The maximum atomic E-state index is 17.2. The molecule has 4 saturated heterocycles. The Hall–Kier alpha value is -16.1. The fourth-order valence-electron chi connectivity index (χ4n) is 17.4. The van der Waals surface area contributed by atoms with Gasteiger partial charge in [-0.2, -0.15) is 28.1 Å². The van der Waals surface area contributed by atoms with Crippen LogP contribution in [0, 0.1) is 22.9 Å². The lowest BCUT2D eigenvalue weighted by Crippen LogP contribution is -2.67. The molecule has 9 aromatic carbocycles. The third-order valence-corrected chi connectivity index (χ3v) is 24.2. The molecule has 38 heteroatoms. The van der Waals surface area contributed by atoms with Gasteiger partial charge in [0, 0.05) is 108 Å². The molecule has 15 aromatic rings. The van der Waals surface area contributed by atoms with Crippen molar-refractivity contribution in [1.82, 2.24) is 58.5 Å². The highest BCUT2D eigenvalue weighted by Gasteiger charge is 2.60. The second kappa shape index (κ2) is 38.1. The molecule has 4 aliphatic heterocycles. The van der Waals surface area contributed by atoms with Crippen molar-refractivity contribution >= 4 is 104 Å². The van der Waals surface area contributed by atoms with Crippen molar-refractivity contribution in [3.8, 4) is 44.9 Å². The second-order valence-corrected chi connectivity index (χ2v) is 33.2. The molecule has 4 aliphatic rings. The number of aromatic nitrogens is 9. The van der Waals surface area contributed by atoms with E-state index in [0.29, 0.717) is 109 Å². The molecule has 1 spiro atoms. The second-order valence-electron chi connectivity index (χ2n) is 33.2. The first kappa shape index (κ1) is 90.1. The highest BCUT2D eigenvalue weighted by atomic mass is 19.4. The first-order chi connectivity index (χ1) is 66.3. The van der Waals surface area contributed by atoms with Gasteiger partial charge >= 0.3 is 6.18 Å². The zero-order valence-corrected chi connectivity index (χ0v) is 72.3. The molecule has 0 radical (unpaired) electrons. The van der Waals surface area contributed by atoms with Crippen molar-refractivity contribution in [2.75, 3.05) is 131 Å². The fraction of sp³-hybridized carbons (Fsp3) is 0.212. The lowest BCUT2D eigenvalue weighted by atomic mass is 9.57. The molecule has 0 aliphatic carbocycles. The highest BCUT2D eigenvalue weighted by molar-refractivity contribution is 6.13. The van der Waals surface area contributed by atoms with Crippen molar-refractivity contribution in [1.29, 1.82) is 0 Å². The zero-order valence-electron chi connectivity index (χ0n) is 72.3.